The number of rotatable bonds is 5. The monoisotopic (exact) mass is 241 g/mol. The van der Waals surface area contributed by atoms with Gasteiger partial charge in [0.15, 0.2) is 0 Å². The molecule has 0 radical (unpaired) electrons. The maximum atomic E-state index is 3.60. The van der Waals surface area contributed by atoms with Gasteiger partial charge in [0.2, 0.25) is 0 Å². The number of nitrogens with one attached hydrogen (secondary N) is 1. The van der Waals surface area contributed by atoms with Crippen LogP contribution in [0.25, 0.3) is 0 Å². The van der Waals surface area contributed by atoms with Gasteiger partial charge in [0, 0.05) is 31.7 Å². The Bertz CT molecular complexity index is 204. The van der Waals surface area contributed by atoms with Crippen LogP contribution in [0.3, 0.4) is 0 Å². The molecule has 0 spiro atoms. The zero-order chi connectivity index (χ0) is 12.8. The van der Waals surface area contributed by atoms with E-state index in [1.54, 1.807) is 0 Å². The molecule has 3 heteroatoms. The first kappa shape index (κ1) is 14.9. The van der Waals surface area contributed by atoms with E-state index in [0.717, 1.165) is 12.5 Å². The van der Waals surface area contributed by atoms with Gasteiger partial charge in [-0.25, -0.2) is 0 Å². The topological polar surface area (TPSA) is 18.5 Å². The summed E-state index contributed by atoms with van der Waals surface area (Å²) in [7, 11) is 2.24. The second-order valence-corrected chi connectivity index (χ2v) is 6.07. The van der Waals surface area contributed by atoms with Gasteiger partial charge in [-0.3, -0.25) is 4.90 Å². The minimum Gasteiger partial charge on any atom is -0.313 e. The van der Waals surface area contributed by atoms with Crippen molar-refractivity contribution < 1.29 is 0 Å². The average Bonchev–Trinajstić information content (AvgIpc) is 2.43. The van der Waals surface area contributed by atoms with E-state index in [9.17, 15) is 0 Å². The molecular formula is C14H31N3. The predicted molar refractivity (Wildman–Crippen MR) is 75.5 cm³/mol. The smallest absolute Gasteiger partial charge is 0.0244 e. The molecule has 1 heterocycles. The van der Waals surface area contributed by atoms with Crippen molar-refractivity contribution in [2.24, 2.45) is 5.92 Å². The van der Waals surface area contributed by atoms with Crippen molar-refractivity contribution >= 4 is 0 Å². The van der Waals surface area contributed by atoms with Gasteiger partial charge in [0.25, 0.3) is 0 Å². The van der Waals surface area contributed by atoms with Crippen LogP contribution in [0.5, 0.6) is 0 Å². The third-order valence-corrected chi connectivity index (χ3v) is 3.73. The minimum atomic E-state index is 0.589. The summed E-state index contributed by atoms with van der Waals surface area (Å²) in [6, 6.07) is 1.27. The largest absolute Gasteiger partial charge is 0.313 e. The normalized spacial score (nSPS) is 22.1. The number of nitrogens with zero attached hydrogens (tertiary/aromatic N) is 2. The second-order valence-electron chi connectivity index (χ2n) is 6.07. The summed E-state index contributed by atoms with van der Waals surface area (Å²) in [4.78, 5) is 5.14. The van der Waals surface area contributed by atoms with Gasteiger partial charge in [-0.15, -0.1) is 0 Å². The number of hydrogen-bond donors (Lipinski definition) is 1. The molecule has 102 valence electrons. The average molecular weight is 241 g/mol. The summed E-state index contributed by atoms with van der Waals surface area (Å²) in [6.07, 6.45) is 1.31. The van der Waals surface area contributed by atoms with E-state index >= 15 is 0 Å². The Balaban J connectivity index is 2.50. The van der Waals surface area contributed by atoms with Crippen LogP contribution in [0, 0.1) is 5.92 Å². The third-order valence-electron chi connectivity index (χ3n) is 3.73. The SMILES string of the molecule is CC(C)NCC(C(C)C)N1CCCN(C)CC1. The van der Waals surface area contributed by atoms with Crippen LogP contribution in [-0.4, -0.2) is 61.7 Å². The van der Waals surface area contributed by atoms with Crippen LogP contribution in [-0.2, 0) is 0 Å². The molecule has 0 saturated carbocycles. The molecule has 1 fully saturated rings. The van der Waals surface area contributed by atoms with Crippen molar-refractivity contribution in [3.63, 3.8) is 0 Å². The van der Waals surface area contributed by atoms with Crippen molar-refractivity contribution in [1.29, 1.82) is 0 Å². The fourth-order valence-electron chi connectivity index (χ4n) is 2.54. The third kappa shape index (κ3) is 5.36. The van der Waals surface area contributed by atoms with E-state index in [4.69, 9.17) is 0 Å². The van der Waals surface area contributed by atoms with E-state index in [0.29, 0.717) is 12.1 Å². The molecule has 0 bridgehead atoms. The van der Waals surface area contributed by atoms with Crippen molar-refractivity contribution in [3.05, 3.63) is 0 Å². The van der Waals surface area contributed by atoms with Gasteiger partial charge in [0.05, 0.1) is 0 Å². The highest BCUT2D eigenvalue weighted by Crippen LogP contribution is 2.13. The lowest BCUT2D eigenvalue weighted by atomic mass is 10.0. The van der Waals surface area contributed by atoms with Crippen LogP contribution >= 0.6 is 0 Å². The van der Waals surface area contributed by atoms with Gasteiger partial charge < -0.3 is 10.2 Å². The summed E-state index contributed by atoms with van der Waals surface area (Å²) in [5.74, 6) is 0.727. The van der Waals surface area contributed by atoms with Crippen LogP contribution in [0.4, 0.5) is 0 Å². The molecule has 1 rings (SSSR count). The summed E-state index contributed by atoms with van der Waals surface area (Å²) >= 11 is 0. The van der Waals surface area contributed by atoms with Gasteiger partial charge in [-0.1, -0.05) is 27.7 Å². The molecule has 1 saturated heterocycles. The van der Waals surface area contributed by atoms with Crippen LogP contribution < -0.4 is 5.32 Å². The summed E-state index contributed by atoms with van der Waals surface area (Å²) in [5, 5.41) is 3.60. The molecule has 17 heavy (non-hydrogen) atoms. The first-order valence-corrected chi connectivity index (χ1v) is 7.16. The first-order chi connectivity index (χ1) is 8.00. The molecule has 1 aliphatic heterocycles. The van der Waals surface area contributed by atoms with E-state index in [1.165, 1.54) is 32.6 Å². The molecule has 1 atom stereocenters. The molecule has 0 amide bonds. The van der Waals surface area contributed by atoms with E-state index in [1.807, 2.05) is 0 Å². The first-order valence-electron chi connectivity index (χ1n) is 7.16. The Kier molecular flexibility index (Phi) is 6.45. The molecule has 1 N–H and O–H groups in total. The Morgan fingerprint density at radius 1 is 1.00 bits per heavy atom. The zero-order valence-electron chi connectivity index (χ0n) is 12.4. The minimum absolute atomic E-state index is 0.589. The van der Waals surface area contributed by atoms with Crippen LogP contribution in [0.1, 0.15) is 34.1 Å². The molecule has 0 aromatic rings. The molecule has 1 unspecified atom stereocenters. The lowest BCUT2D eigenvalue weighted by Gasteiger charge is -2.34. The second kappa shape index (κ2) is 7.34. The fourth-order valence-corrected chi connectivity index (χ4v) is 2.54. The highest BCUT2D eigenvalue weighted by molar-refractivity contribution is 4.80. The highest BCUT2D eigenvalue weighted by Gasteiger charge is 2.23. The fraction of sp³-hybridized carbons (Fsp3) is 1.00. The van der Waals surface area contributed by atoms with Crippen molar-refractivity contribution in [2.45, 2.75) is 46.2 Å². The lowest BCUT2D eigenvalue weighted by molar-refractivity contribution is 0.154. The van der Waals surface area contributed by atoms with Crippen molar-refractivity contribution in [2.75, 3.05) is 39.8 Å². The van der Waals surface area contributed by atoms with Crippen molar-refractivity contribution in [1.82, 2.24) is 15.1 Å². The summed E-state index contributed by atoms with van der Waals surface area (Å²) in [5.41, 5.74) is 0. The summed E-state index contributed by atoms with van der Waals surface area (Å²) in [6.45, 7) is 15.2. The standard InChI is InChI=1S/C14H31N3/c1-12(2)14(11-15-13(3)4)17-8-6-7-16(5)9-10-17/h12-15H,6-11H2,1-5H3. The molecule has 0 aliphatic carbocycles. The summed E-state index contributed by atoms with van der Waals surface area (Å²) < 4.78 is 0. The molecular weight excluding hydrogens is 210 g/mol. The van der Waals surface area contributed by atoms with E-state index in [-0.39, 0.29) is 0 Å². The number of hydrogen-bond acceptors (Lipinski definition) is 3. The van der Waals surface area contributed by atoms with E-state index < -0.39 is 0 Å². The molecule has 0 aromatic heterocycles. The Labute approximate surface area is 108 Å². The van der Waals surface area contributed by atoms with Crippen LogP contribution in [0.2, 0.25) is 0 Å². The van der Waals surface area contributed by atoms with Crippen molar-refractivity contribution in [3.8, 4) is 0 Å². The number of likely N-dealkylation sites (N-methyl/N-ethyl adjacent to an activating group) is 1. The Morgan fingerprint density at radius 2 is 1.71 bits per heavy atom. The highest BCUT2D eigenvalue weighted by atomic mass is 15.2. The zero-order valence-corrected chi connectivity index (χ0v) is 12.4. The van der Waals surface area contributed by atoms with Gasteiger partial charge >= 0.3 is 0 Å². The Hall–Kier alpha value is -0.120. The van der Waals surface area contributed by atoms with Gasteiger partial charge in [-0.2, -0.15) is 0 Å². The Morgan fingerprint density at radius 3 is 2.29 bits per heavy atom. The van der Waals surface area contributed by atoms with Crippen LogP contribution in [0.15, 0.2) is 0 Å². The quantitative estimate of drug-likeness (QED) is 0.789. The predicted octanol–water partition coefficient (Wildman–Crippen LogP) is 1.65. The molecule has 3 nitrogen and oxygen atoms in total. The molecule has 1 aliphatic rings. The van der Waals surface area contributed by atoms with Gasteiger partial charge in [0.1, 0.15) is 0 Å². The van der Waals surface area contributed by atoms with Gasteiger partial charge in [-0.05, 0) is 32.5 Å². The lowest BCUT2D eigenvalue weighted by Crippen LogP contribution is -2.48. The maximum absolute atomic E-state index is 3.60. The maximum Gasteiger partial charge on any atom is 0.0244 e. The molecule has 0 aromatic carbocycles. The van der Waals surface area contributed by atoms with E-state index in [2.05, 4.69) is 49.9 Å².